The molecule has 5 rings (SSSR count). The van der Waals surface area contributed by atoms with Gasteiger partial charge in [0.1, 0.15) is 17.2 Å². The molecule has 0 spiro atoms. The molecule has 2 aliphatic rings. The Morgan fingerprint density at radius 2 is 1.75 bits per heavy atom. The summed E-state index contributed by atoms with van der Waals surface area (Å²) in [5.41, 5.74) is 1.88. The van der Waals surface area contributed by atoms with E-state index < -0.39 is 0 Å². The highest BCUT2D eigenvalue weighted by molar-refractivity contribution is 5.75. The van der Waals surface area contributed by atoms with Crippen LogP contribution in [0.5, 0.6) is 0 Å². The summed E-state index contributed by atoms with van der Waals surface area (Å²) in [6.45, 7) is 3.85. The second kappa shape index (κ2) is 9.89. The number of imidazole rings is 1. The minimum absolute atomic E-state index is 0.186. The van der Waals surface area contributed by atoms with Crippen molar-refractivity contribution >= 4 is 22.8 Å². The van der Waals surface area contributed by atoms with Gasteiger partial charge < -0.3 is 20.1 Å². The van der Waals surface area contributed by atoms with Crippen LogP contribution < -0.4 is 10.6 Å². The van der Waals surface area contributed by atoms with Gasteiger partial charge >= 0.3 is 0 Å². The van der Waals surface area contributed by atoms with Gasteiger partial charge in [0.15, 0.2) is 5.65 Å². The molecule has 4 heterocycles. The summed E-state index contributed by atoms with van der Waals surface area (Å²) >= 11 is 0. The third-order valence-corrected chi connectivity index (χ3v) is 6.16. The van der Waals surface area contributed by atoms with Crippen molar-refractivity contribution in [3.05, 3.63) is 42.1 Å². The maximum Gasteiger partial charge on any atom is 0.210 e. The highest BCUT2D eigenvalue weighted by atomic mass is 19.1. The zero-order valence-electron chi connectivity index (χ0n) is 18.1. The topological polar surface area (TPSA) is 86.1 Å². The molecule has 9 heteroatoms. The fraction of sp³-hybridized carbons (Fsp3) is 0.522. The highest BCUT2D eigenvalue weighted by Crippen LogP contribution is 2.31. The smallest absolute Gasteiger partial charge is 0.210 e. The number of hydrogen-bond acceptors (Lipinski definition) is 7. The van der Waals surface area contributed by atoms with Crippen LogP contribution in [0.1, 0.15) is 37.5 Å². The number of benzene rings is 1. The van der Waals surface area contributed by atoms with Crippen LogP contribution in [0, 0.1) is 5.82 Å². The van der Waals surface area contributed by atoms with E-state index in [1.807, 2.05) is 0 Å². The molecular formula is C23H29FN6O2. The Morgan fingerprint density at radius 1 is 1.00 bits per heavy atom. The molecular weight excluding hydrogens is 411 g/mol. The maximum atomic E-state index is 14.3. The van der Waals surface area contributed by atoms with Gasteiger partial charge in [0.05, 0.1) is 11.9 Å². The van der Waals surface area contributed by atoms with Gasteiger partial charge in [0, 0.05) is 51.5 Å². The quantitative estimate of drug-likeness (QED) is 0.583. The number of aromatic nitrogens is 4. The Bertz CT molecular complexity index is 1050. The molecule has 0 amide bonds. The molecule has 2 N–H and O–H groups in total. The summed E-state index contributed by atoms with van der Waals surface area (Å²) < 4.78 is 27.4. The number of fused-ring (bicyclic) bond motifs is 1. The lowest BCUT2D eigenvalue weighted by atomic mass is 10.1. The molecule has 2 aliphatic heterocycles. The van der Waals surface area contributed by atoms with Crippen molar-refractivity contribution in [2.75, 3.05) is 38.3 Å². The molecule has 32 heavy (non-hydrogen) atoms. The average Bonchev–Trinajstić information content (AvgIpc) is 3.19. The number of halogens is 1. The van der Waals surface area contributed by atoms with Crippen molar-refractivity contribution in [1.29, 1.82) is 0 Å². The molecule has 1 aromatic carbocycles. The van der Waals surface area contributed by atoms with E-state index in [2.05, 4.69) is 20.2 Å². The summed E-state index contributed by atoms with van der Waals surface area (Å²) in [5.74, 6) is 1.05. The highest BCUT2D eigenvalue weighted by Gasteiger charge is 2.24. The van der Waals surface area contributed by atoms with Gasteiger partial charge in [-0.15, -0.1) is 0 Å². The summed E-state index contributed by atoms with van der Waals surface area (Å²) in [6, 6.07) is 7.31. The third kappa shape index (κ3) is 4.74. The number of hydrogen-bond donors (Lipinski definition) is 2. The van der Waals surface area contributed by atoms with Crippen LogP contribution in [-0.2, 0) is 15.9 Å². The lowest BCUT2D eigenvalue weighted by molar-refractivity contribution is 0.0710. The van der Waals surface area contributed by atoms with Crippen molar-refractivity contribution < 1.29 is 13.9 Å². The van der Waals surface area contributed by atoms with Gasteiger partial charge in [-0.2, -0.15) is 0 Å². The number of anilines is 2. The molecule has 0 aliphatic carbocycles. The van der Waals surface area contributed by atoms with Crippen LogP contribution in [0.15, 0.2) is 30.5 Å². The second-order valence-corrected chi connectivity index (χ2v) is 8.34. The van der Waals surface area contributed by atoms with E-state index in [1.54, 1.807) is 24.4 Å². The zero-order chi connectivity index (χ0) is 21.8. The van der Waals surface area contributed by atoms with Crippen LogP contribution in [0.25, 0.3) is 11.2 Å². The molecule has 0 saturated carbocycles. The van der Waals surface area contributed by atoms with E-state index >= 15 is 0 Å². The van der Waals surface area contributed by atoms with E-state index in [1.165, 1.54) is 6.07 Å². The van der Waals surface area contributed by atoms with Crippen LogP contribution in [-0.4, -0.2) is 58.5 Å². The summed E-state index contributed by atoms with van der Waals surface area (Å²) in [7, 11) is 0. The maximum absolute atomic E-state index is 14.3. The minimum atomic E-state index is -0.316. The molecule has 2 fully saturated rings. The normalized spacial score (nSPS) is 18.3. The Hall–Kier alpha value is -2.62. The van der Waals surface area contributed by atoms with E-state index in [4.69, 9.17) is 19.4 Å². The number of rotatable bonds is 7. The van der Waals surface area contributed by atoms with Crippen molar-refractivity contribution in [2.45, 2.75) is 44.2 Å². The van der Waals surface area contributed by atoms with Gasteiger partial charge in [-0.3, -0.25) is 4.57 Å². The molecule has 3 aromatic rings. The Labute approximate surface area is 186 Å². The van der Waals surface area contributed by atoms with E-state index in [-0.39, 0.29) is 11.9 Å². The fourth-order valence-corrected chi connectivity index (χ4v) is 4.40. The van der Waals surface area contributed by atoms with Gasteiger partial charge in [-0.25, -0.2) is 19.3 Å². The molecule has 170 valence electrons. The van der Waals surface area contributed by atoms with E-state index in [9.17, 15) is 4.39 Å². The van der Waals surface area contributed by atoms with Crippen molar-refractivity contribution in [3.8, 4) is 0 Å². The van der Waals surface area contributed by atoms with E-state index in [0.717, 1.165) is 63.3 Å². The molecule has 0 radical (unpaired) electrons. The van der Waals surface area contributed by atoms with Crippen LogP contribution in [0.3, 0.4) is 0 Å². The first kappa shape index (κ1) is 21.2. The number of nitrogens with one attached hydrogen (secondary N) is 2. The molecule has 2 saturated heterocycles. The Balaban J connectivity index is 1.40. The average molecular weight is 441 g/mol. The Morgan fingerprint density at radius 3 is 2.53 bits per heavy atom. The molecule has 8 nitrogen and oxygen atoms in total. The lowest BCUT2D eigenvalue weighted by Crippen LogP contribution is -2.36. The zero-order valence-corrected chi connectivity index (χ0v) is 18.1. The standard InChI is InChI=1S/C23H29FN6O2/c24-18-3-1-2-4-19(18)27-23-28-20-15-26-21(5-10-25-16-6-11-31-12-7-16)29-22(20)30(23)17-8-13-32-14-9-17/h1-4,15-17,25H,5-14H2,(H,27,28). The first-order valence-electron chi connectivity index (χ1n) is 11.4. The summed E-state index contributed by atoms with van der Waals surface area (Å²) in [6.07, 6.45) is 6.32. The van der Waals surface area contributed by atoms with Gasteiger partial charge in [0.2, 0.25) is 5.95 Å². The van der Waals surface area contributed by atoms with Crippen LogP contribution >= 0.6 is 0 Å². The molecule has 0 bridgehead atoms. The van der Waals surface area contributed by atoms with Crippen LogP contribution in [0.4, 0.5) is 16.0 Å². The largest absolute Gasteiger partial charge is 0.381 e. The first-order chi connectivity index (χ1) is 15.8. The van der Waals surface area contributed by atoms with Gasteiger partial charge in [0.25, 0.3) is 0 Å². The van der Waals surface area contributed by atoms with Gasteiger partial charge in [-0.05, 0) is 37.8 Å². The summed E-state index contributed by atoms with van der Waals surface area (Å²) in [5, 5.41) is 6.76. The first-order valence-corrected chi connectivity index (χ1v) is 11.4. The summed E-state index contributed by atoms with van der Waals surface area (Å²) in [4.78, 5) is 14.1. The lowest BCUT2D eigenvalue weighted by Gasteiger charge is -2.25. The third-order valence-electron chi connectivity index (χ3n) is 6.16. The molecule has 0 unspecified atom stereocenters. The Kier molecular flexibility index (Phi) is 6.56. The van der Waals surface area contributed by atoms with Gasteiger partial charge in [-0.1, -0.05) is 12.1 Å². The predicted octanol–water partition coefficient (Wildman–Crippen LogP) is 3.37. The van der Waals surface area contributed by atoms with Crippen molar-refractivity contribution in [1.82, 2.24) is 24.8 Å². The number of para-hydroxylation sites is 1. The SMILES string of the molecule is Fc1ccccc1Nc1nc2cnc(CCNC3CCOCC3)nc2n1C1CCOCC1. The number of nitrogens with zero attached hydrogens (tertiary/aromatic N) is 4. The van der Waals surface area contributed by atoms with Crippen LogP contribution in [0.2, 0.25) is 0 Å². The molecule has 0 atom stereocenters. The monoisotopic (exact) mass is 440 g/mol. The number of ether oxygens (including phenoxy) is 2. The minimum Gasteiger partial charge on any atom is -0.381 e. The molecule has 2 aromatic heterocycles. The predicted molar refractivity (Wildman–Crippen MR) is 120 cm³/mol. The second-order valence-electron chi connectivity index (χ2n) is 8.34. The van der Waals surface area contributed by atoms with Crippen molar-refractivity contribution in [3.63, 3.8) is 0 Å². The van der Waals surface area contributed by atoms with Crippen molar-refractivity contribution in [2.24, 2.45) is 0 Å². The fourth-order valence-electron chi connectivity index (χ4n) is 4.40. The van der Waals surface area contributed by atoms with E-state index in [0.29, 0.717) is 36.4 Å².